The van der Waals surface area contributed by atoms with Crippen LogP contribution in [0.4, 0.5) is 0 Å². The minimum Gasteiger partial charge on any atom is -0.463 e. The van der Waals surface area contributed by atoms with Gasteiger partial charge in [0.25, 0.3) is 5.56 Å². The van der Waals surface area contributed by atoms with Crippen LogP contribution in [-0.4, -0.2) is 22.1 Å². The normalized spacial score (nSPS) is 15.3. The van der Waals surface area contributed by atoms with Crippen LogP contribution >= 0.6 is 11.3 Å². The number of hydrogen-bond acceptors (Lipinski definition) is 5. The maximum Gasteiger partial charge on any atom is 0.338 e. The molecule has 0 aliphatic carbocycles. The molecule has 1 aliphatic heterocycles. The van der Waals surface area contributed by atoms with Crippen molar-refractivity contribution in [1.29, 1.82) is 0 Å². The summed E-state index contributed by atoms with van der Waals surface area (Å²) in [7, 11) is 0. The standard InChI is InChI=1S/C34H31N3O3S/c1-5-40-33(39)29-21(4)35-34-37(31(29)24-17-15-22(16-18-24)20(2)3)32(38)28(41-34)19-26-25-13-9-10-14-27(25)36-30(26)23-11-7-6-8-12-23/h6-20,31,36H,5H2,1-4H3/b28-19+/t31-/m0/s1. The summed E-state index contributed by atoms with van der Waals surface area (Å²) in [5, 5.41) is 1.03. The van der Waals surface area contributed by atoms with E-state index in [-0.39, 0.29) is 12.2 Å². The average molecular weight is 562 g/mol. The van der Waals surface area contributed by atoms with Crippen LogP contribution in [-0.2, 0) is 9.53 Å². The first-order valence-electron chi connectivity index (χ1n) is 13.8. The van der Waals surface area contributed by atoms with Gasteiger partial charge in [0, 0.05) is 16.5 Å². The summed E-state index contributed by atoms with van der Waals surface area (Å²) in [5.41, 5.74) is 6.71. The number of thiazole rings is 1. The molecular formula is C34H31N3O3S. The topological polar surface area (TPSA) is 76.4 Å². The number of benzene rings is 3. The van der Waals surface area contributed by atoms with Gasteiger partial charge in [-0.2, -0.15) is 0 Å². The number of nitrogens with one attached hydrogen (secondary N) is 1. The molecule has 6 nitrogen and oxygen atoms in total. The van der Waals surface area contributed by atoms with Crippen LogP contribution < -0.4 is 14.9 Å². The van der Waals surface area contributed by atoms with Crippen molar-refractivity contribution in [1.82, 2.24) is 9.55 Å². The van der Waals surface area contributed by atoms with Crippen LogP contribution in [0, 0.1) is 0 Å². The largest absolute Gasteiger partial charge is 0.463 e. The van der Waals surface area contributed by atoms with Gasteiger partial charge >= 0.3 is 5.97 Å². The van der Waals surface area contributed by atoms with E-state index in [1.54, 1.807) is 11.5 Å². The second-order valence-electron chi connectivity index (χ2n) is 10.4. The van der Waals surface area contributed by atoms with E-state index in [9.17, 15) is 9.59 Å². The Hall–Kier alpha value is -4.49. The van der Waals surface area contributed by atoms with E-state index in [4.69, 9.17) is 9.73 Å². The Morgan fingerprint density at radius 2 is 1.76 bits per heavy atom. The zero-order valence-electron chi connectivity index (χ0n) is 23.5. The summed E-state index contributed by atoms with van der Waals surface area (Å²) in [6.45, 7) is 8.11. The monoisotopic (exact) mass is 561 g/mol. The number of esters is 1. The lowest BCUT2D eigenvalue weighted by Gasteiger charge is -2.25. The molecule has 0 saturated carbocycles. The van der Waals surface area contributed by atoms with Gasteiger partial charge in [-0.1, -0.05) is 98.0 Å². The first-order valence-corrected chi connectivity index (χ1v) is 14.6. The zero-order valence-corrected chi connectivity index (χ0v) is 24.3. The Morgan fingerprint density at radius 1 is 1.05 bits per heavy atom. The summed E-state index contributed by atoms with van der Waals surface area (Å²) in [6, 6.07) is 25.7. The summed E-state index contributed by atoms with van der Waals surface area (Å²) in [5.74, 6) is -0.0909. The highest BCUT2D eigenvalue weighted by Gasteiger charge is 2.33. The lowest BCUT2D eigenvalue weighted by atomic mass is 9.93. The smallest absolute Gasteiger partial charge is 0.338 e. The molecular weight excluding hydrogens is 530 g/mol. The van der Waals surface area contributed by atoms with Gasteiger partial charge in [-0.25, -0.2) is 9.79 Å². The van der Waals surface area contributed by atoms with Gasteiger partial charge in [0.1, 0.15) is 0 Å². The number of aromatic nitrogens is 2. The van der Waals surface area contributed by atoms with Crippen LogP contribution in [0.25, 0.3) is 28.2 Å². The molecule has 7 heteroatoms. The fourth-order valence-electron chi connectivity index (χ4n) is 5.45. The van der Waals surface area contributed by atoms with Crippen molar-refractivity contribution in [3.8, 4) is 11.3 Å². The second kappa shape index (κ2) is 10.8. The Balaban J connectivity index is 1.59. The molecule has 1 aliphatic rings. The molecule has 6 rings (SSSR count). The van der Waals surface area contributed by atoms with Crippen molar-refractivity contribution in [2.45, 2.75) is 39.7 Å². The first kappa shape index (κ1) is 26.7. The molecule has 206 valence electrons. The van der Waals surface area contributed by atoms with Gasteiger partial charge in [0.15, 0.2) is 4.80 Å². The molecule has 3 aromatic carbocycles. The van der Waals surface area contributed by atoms with Crippen molar-refractivity contribution >= 4 is 34.3 Å². The number of para-hydroxylation sites is 1. The molecule has 2 aromatic heterocycles. The molecule has 3 heterocycles. The number of allylic oxidation sites excluding steroid dienone is 1. The van der Waals surface area contributed by atoms with E-state index >= 15 is 0 Å². The quantitative estimate of drug-likeness (QED) is 0.256. The van der Waals surface area contributed by atoms with Gasteiger partial charge < -0.3 is 9.72 Å². The third kappa shape index (κ3) is 4.76. The summed E-state index contributed by atoms with van der Waals surface area (Å²) in [6.07, 6.45) is 1.95. The first-order chi connectivity index (χ1) is 19.9. The highest BCUT2D eigenvalue weighted by atomic mass is 32.1. The van der Waals surface area contributed by atoms with Gasteiger partial charge in [0.05, 0.1) is 34.1 Å². The Labute approximate surface area is 242 Å². The maximum absolute atomic E-state index is 14.2. The van der Waals surface area contributed by atoms with Crippen LogP contribution in [0.1, 0.15) is 56.3 Å². The lowest BCUT2D eigenvalue weighted by molar-refractivity contribution is -0.139. The maximum atomic E-state index is 14.2. The number of H-pyrrole nitrogens is 1. The molecule has 0 radical (unpaired) electrons. The van der Waals surface area contributed by atoms with E-state index in [1.807, 2.05) is 61.5 Å². The molecule has 1 atom stereocenters. The molecule has 1 N–H and O–H groups in total. The van der Waals surface area contributed by atoms with Crippen LogP contribution in [0.15, 0.2) is 99.9 Å². The average Bonchev–Trinajstić information content (AvgIpc) is 3.50. The van der Waals surface area contributed by atoms with Gasteiger partial charge in [-0.3, -0.25) is 9.36 Å². The minimum atomic E-state index is -0.634. The summed E-state index contributed by atoms with van der Waals surface area (Å²) >= 11 is 1.34. The third-order valence-corrected chi connectivity index (χ3v) is 8.50. The fourth-order valence-corrected chi connectivity index (χ4v) is 6.48. The van der Waals surface area contributed by atoms with Gasteiger partial charge in [0.2, 0.25) is 0 Å². The van der Waals surface area contributed by atoms with E-state index < -0.39 is 12.0 Å². The molecule has 0 spiro atoms. The number of carbonyl (C=O) groups is 1. The summed E-state index contributed by atoms with van der Waals surface area (Å²) < 4.78 is 7.64. The third-order valence-electron chi connectivity index (χ3n) is 7.52. The number of nitrogens with zero attached hydrogens (tertiary/aromatic N) is 2. The molecule has 0 saturated heterocycles. The van der Waals surface area contributed by atoms with E-state index in [2.05, 4.69) is 49.2 Å². The highest BCUT2D eigenvalue weighted by Crippen LogP contribution is 2.33. The van der Waals surface area contributed by atoms with Gasteiger partial charge in [-0.15, -0.1) is 0 Å². The van der Waals surface area contributed by atoms with E-state index in [1.165, 1.54) is 16.9 Å². The number of rotatable bonds is 6. The molecule has 0 bridgehead atoms. The fraction of sp³-hybridized carbons (Fsp3) is 0.206. The summed E-state index contributed by atoms with van der Waals surface area (Å²) in [4.78, 5) is 36.3. The molecule has 41 heavy (non-hydrogen) atoms. The molecule has 5 aromatic rings. The van der Waals surface area contributed by atoms with E-state index in [0.29, 0.717) is 26.5 Å². The van der Waals surface area contributed by atoms with Crippen molar-refractivity contribution in [3.05, 3.63) is 127 Å². The van der Waals surface area contributed by atoms with Crippen LogP contribution in [0.5, 0.6) is 0 Å². The van der Waals surface area contributed by atoms with Crippen molar-refractivity contribution in [2.24, 2.45) is 4.99 Å². The zero-order chi connectivity index (χ0) is 28.7. The number of aromatic amines is 1. The number of hydrogen-bond donors (Lipinski definition) is 1. The minimum absolute atomic E-state index is 0.190. The van der Waals surface area contributed by atoms with Crippen molar-refractivity contribution in [2.75, 3.05) is 6.61 Å². The molecule has 0 fully saturated rings. The van der Waals surface area contributed by atoms with Crippen LogP contribution in [0.3, 0.4) is 0 Å². The van der Waals surface area contributed by atoms with Crippen molar-refractivity contribution < 1.29 is 9.53 Å². The Bertz CT molecular complexity index is 1980. The molecule has 0 unspecified atom stereocenters. The molecule has 0 amide bonds. The van der Waals surface area contributed by atoms with E-state index in [0.717, 1.165) is 33.3 Å². The van der Waals surface area contributed by atoms with Crippen molar-refractivity contribution in [3.63, 3.8) is 0 Å². The Morgan fingerprint density at radius 3 is 2.46 bits per heavy atom. The lowest BCUT2D eigenvalue weighted by Crippen LogP contribution is -2.39. The van der Waals surface area contributed by atoms with Gasteiger partial charge in [-0.05, 0) is 48.6 Å². The highest BCUT2D eigenvalue weighted by molar-refractivity contribution is 7.07. The number of fused-ring (bicyclic) bond motifs is 2. The SMILES string of the molecule is CCOC(=O)C1=C(C)N=c2s/c(=C/c3c(-c4ccccc4)[nH]c4ccccc34)c(=O)n2[C@H]1c1ccc(C(C)C)cc1. The van der Waals surface area contributed by atoms with Crippen LogP contribution in [0.2, 0.25) is 0 Å². The predicted octanol–water partition coefficient (Wildman–Crippen LogP) is 6.07. The second-order valence-corrected chi connectivity index (χ2v) is 11.5. The Kier molecular flexibility index (Phi) is 7.05. The predicted molar refractivity (Wildman–Crippen MR) is 165 cm³/mol. The number of carbonyl (C=O) groups excluding carboxylic acids is 1. The number of ether oxygens (including phenoxy) is 1.